The number of nitrogens with zero attached hydrogens (tertiary/aromatic N) is 1. The average molecular weight is 276 g/mol. The molecule has 0 spiro atoms. The number of hydrogen-bond donors (Lipinski definition) is 1. The first-order valence-corrected chi connectivity index (χ1v) is 7.78. The van der Waals surface area contributed by atoms with Crippen molar-refractivity contribution in [1.82, 2.24) is 10.2 Å². The van der Waals surface area contributed by atoms with E-state index in [4.69, 9.17) is 4.42 Å². The maximum atomic E-state index is 5.65. The first-order valence-electron chi connectivity index (χ1n) is 6.90. The zero-order valence-electron chi connectivity index (χ0n) is 11.3. The maximum absolute atomic E-state index is 5.65. The number of nitrogens with one attached hydrogen (secondary N) is 1. The second kappa shape index (κ2) is 5.90. The third-order valence-corrected chi connectivity index (χ3v) is 4.68. The van der Waals surface area contributed by atoms with Gasteiger partial charge in [0.1, 0.15) is 5.76 Å². The Balaban J connectivity index is 1.64. The molecule has 0 aromatic carbocycles. The summed E-state index contributed by atoms with van der Waals surface area (Å²) in [7, 11) is 0. The van der Waals surface area contributed by atoms with E-state index in [0.717, 1.165) is 38.5 Å². The minimum absolute atomic E-state index is 0.903. The Morgan fingerprint density at radius 2 is 2.37 bits per heavy atom. The summed E-state index contributed by atoms with van der Waals surface area (Å²) in [5, 5.41) is 5.57. The molecular formula is C15H20N2OS. The lowest BCUT2D eigenvalue weighted by atomic mass is 10.1. The summed E-state index contributed by atoms with van der Waals surface area (Å²) in [6.07, 6.45) is 2.98. The molecule has 1 N–H and O–H groups in total. The van der Waals surface area contributed by atoms with Gasteiger partial charge in [0.2, 0.25) is 0 Å². The maximum Gasteiger partial charge on any atom is 0.122 e. The van der Waals surface area contributed by atoms with E-state index < -0.39 is 0 Å². The number of fused-ring (bicyclic) bond motifs is 1. The minimum atomic E-state index is 0.903. The Hall–Kier alpha value is -1.10. The topological polar surface area (TPSA) is 28.4 Å². The molecule has 2 aromatic rings. The van der Waals surface area contributed by atoms with Crippen LogP contribution in [0.3, 0.4) is 0 Å². The Morgan fingerprint density at radius 1 is 1.42 bits per heavy atom. The van der Waals surface area contributed by atoms with Crippen molar-refractivity contribution in [3.8, 4) is 0 Å². The van der Waals surface area contributed by atoms with Gasteiger partial charge in [0.25, 0.3) is 0 Å². The lowest BCUT2D eigenvalue weighted by Gasteiger charge is -2.26. The molecule has 0 amide bonds. The molecular weight excluding hydrogens is 256 g/mol. The van der Waals surface area contributed by atoms with Gasteiger partial charge in [-0.3, -0.25) is 4.90 Å². The van der Waals surface area contributed by atoms with E-state index in [1.165, 1.54) is 17.5 Å². The summed E-state index contributed by atoms with van der Waals surface area (Å²) in [6.45, 7) is 7.13. The van der Waals surface area contributed by atoms with Gasteiger partial charge in [0.05, 0.1) is 12.8 Å². The van der Waals surface area contributed by atoms with Gasteiger partial charge in [-0.25, -0.2) is 0 Å². The van der Waals surface area contributed by atoms with Crippen molar-refractivity contribution < 1.29 is 4.42 Å². The Labute approximate surface area is 118 Å². The van der Waals surface area contributed by atoms with Gasteiger partial charge in [-0.2, -0.15) is 0 Å². The van der Waals surface area contributed by atoms with Gasteiger partial charge in [0.15, 0.2) is 0 Å². The van der Waals surface area contributed by atoms with E-state index in [2.05, 4.69) is 34.7 Å². The molecule has 0 aliphatic carbocycles. The van der Waals surface area contributed by atoms with Crippen molar-refractivity contribution >= 4 is 11.3 Å². The van der Waals surface area contributed by atoms with Crippen LogP contribution < -0.4 is 5.32 Å². The molecule has 0 fully saturated rings. The van der Waals surface area contributed by atoms with Crippen LogP contribution in [0.25, 0.3) is 0 Å². The fourth-order valence-electron chi connectivity index (χ4n) is 2.57. The molecule has 3 heterocycles. The molecule has 4 heteroatoms. The highest BCUT2D eigenvalue weighted by atomic mass is 32.1. The Kier molecular flexibility index (Phi) is 4.01. The molecule has 102 valence electrons. The van der Waals surface area contributed by atoms with Crippen molar-refractivity contribution in [2.24, 2.45) is 0 Å². The van der Waals surface area contributed by atoms with Crippen molar-refractivity contribution in [3.63, 3.8) is 0 Å². The van der Waals surface area contributed by atoms with Crippen LogP contribution in [0.15, 0.2) is 28.2 Å². The van der Waals surface area contributed by atoms with Crippen molar-refractivity contribution in [2.45, 2.75) is 33.0 Å². The summed E-state index contributed by atoms with van der Waals surface area (Å²) < 4.78 is 5.65. The van der Waals surface area contributed by atoms with E-state index >= 15 is 0 Å². The number of furan rings is 1. The average Bonchev–Trinajstić information content (AvgIpc) is 3.05. The van der Waals surface area contributed by atoms with Gasteiger partial charge >= 0.3 is 0 Å². The normalized spacial score (nSPS) is 15.6. The summed E-state index contributed by atoms with van der Waals surface area (Å²) >= 11 is 1.89. The molecule has 0 saturated heterocycles. The Morgan fingerprint density at radius 3 is 3.26 bits per heavy atom. The molecule has 3 nitrogen and oxygen atoms in total. The molecule has 2 aromatic heterocycles. The third kappa shape index (κ3) is 2.91. The smallest absolute Gasteiger partial charge is 0.122 e. The van der Waals surface area contributed by atoms with E-state index in [-0.39, 0.29) is 0 Å². The molecule has 1 aliphatic rings. The highest BCUT2D eigenvalue weighted by molar-refractivity contribution is 7.10. The summed E-state index contributed by atoms with van der Waals surface area (Å²) in [4.78, 5) is 4.03. The monoisotopic (exact) mass is 276 g/mol. The zero-order chi connectivity index (χ0) is 13.1. The molecule has 0 atom stereocenters. The molecule has 0 radical (unpaired) electrons. The summed E-state index contributed by atoms with van der Waals surface area (Å²) in [5.74, 6) is 1.11. The lowest BCUT2D eigenvalue weighted by molar-refractivity contribution is 0.226. The summed E-state index contributed by atoms with van der Waals surface area (Å²) in [6, 6.07) is 4.34. The molecule has 0 bridgehead atoms. The number of thiophene rings is 1. The first-order chi connectivity index (χ1) is 9.36. The van der Waals surface area contributed by atoms with Gasteiger partial charge < -0.3 is 9.73 Å². The molecule has 0 saturated carbocycles. The highest BCUT2D eigenvalue weighted by Gasteiger charge is 2.19. The van der Waals surface area contributed by atoms with Gasteiger partial charge in [0, 0.05) is 30.1 Å². The van der Waals surface area contributed by atoms with Crippen LogP contribution in [-0.2, 0) is 26.1 Å². The first kappa shape index (κ1) is 12.9. The largest absolute Gasteiger partial charge is 0.468 e. The van der Waals surface area contributed by atoms with Crippen LogP contribution in [0.5, 0.6) is 0 Å². The van der Waals surface area contributed by atoms with Crippen LogP contribution in [-0.4, -0.2) is 18.0 Å². The standard InChI is InChI=1S/C15H20N2OS/c1-2-16-9-12-4-7-18-14(12)11-17-6-3-15-13(10-17)5-8-19-15/h4-5,7-8,16H,2-3,6,9-11H2,1H3. The molecule has 1 aliphatic heterocycles. The van der Waals surface area contributed by atoms with E-state index in [9.17, 15) is 0 Å². The van der Waals surface area contributed by atoms with Crippen LogP contribution in [0, 0.1) is 0 Å². The van der Waals surface area contributed by atoms with Crippen LogP contribution in [0.1, 0.15) is 28.7 Å². The number of hydrogen-bond acceptors (Lipinski definition) is 4. The van der Waals surface area contributed by atoms with E-state index in [1.807, 2.05) is 17.6 Å². The third-order valence-electron chi connectivity index (χ3n) is 3.66. The van der Waals surface area contributed by atoms with Crippen molar-refractivity contribution in [1.29, 1.82) is 0 Å². The van der Waals surface area contributed by atoms with Crippen molar-refractivity contribution in [2.75, 3.05) is 13.1 Å². The predicted molar refractivity (Wildman–Crippen MR) is 78.2 cm³/mol. The van der Waals surface area contributed by atoms with Crippen LogP contribution >= 0.6 is 11.3 Å². The summed E-state index contributed by atoms with van der Waals surface area (Å²) in [5.41, 5.74) is 2.79. The molecule has 0 unspecified atom stereocenters. The zero-order valence-corrected chi connectivity index (χ0v) is 12.1. The van der Waals surface area contributed by atoms with Gasteiger partial charge in [-0.1, -0.05) is 6.92 Å². The number of rotatable bonds is 5. The minimum Gasteiger partial charge on any atom is -0.468 e. The van der Waals surface area contributed by atoms with Gasteiger partial charge in [-0.05, 0) is 36.0 Å². The SMILES string of the molecule is CCNCc1ccoc1CN1CCc2sccc2C1. The van der Waals surface area contributed by atoms with Crippen LogP contribution in [0.4, 0.5) is 0 Å². The highest BCUT2D eigenvalue weighted by Crippen LogP contribution is 2.25. The quantitative estimate of drug-likeness (QED) is 0.910. The van der Waals surface area contributed by atoms with E-state index in [0.29, 0.717) is 0 Å². The lowest BCUT2D eigenvalue weighted by Crippen LogP contribution is -2.29. The predicted octanol–water partition coefficient (Wildman–Crippen LogP) is 3.01. The second-order valence-corrected chi connectivity index (χ2v) is 5.98. The molecule has 3 rings (SSSR count). The fourth-order valence-corrected chi connectivity index (χ4v) is 3.46. The van der Waals surface area contributed by atoms with E-state index in [1.54, 1.807) is 4.88 Å². The van der Waals surface area contributed by atoms with Gasteiger partial charge in [-0.15, -0.1) is 11.3 Å². The Bertz CT molecular complexity index is 532. The molecule has 19 heavy (non-hydrogen) atoms. The fraction of sp³-hybridized carbons (Fsp3) is 0.467. The van der Waals surface area contributed by atoms with Crippen LogP contribution in [0.2, 0.25) is 0 Å². The second-order valence-electron chi connectivity index (χ2n) is 4.98. The van der Waals surface area contributed by atoms with Crippen molar-refractivity contribution in [3.05, 3.63) is 45.5 Å².